The van der Waals surface area contributed by atoms with Crippen LogP contribution in [0.2, 0.25) is 0 Å². The van der Waals surface area contributed by atoms with Crippen LogP contribution in [0.1, 0.15) is 11.1 Å². The van der Waals surface area contributed by atoms with Gasteiger partial charge in [-0.1, -0.05) is 12.1 Å². The quantitative estimate of drug-likeness (QED) is 0.804. The van der Waals surface area contributed by atoms with E-state index in [9.17, 15) is 26.3 Å². The van der Waals surface area contributed by atoms with Gasteiger partial charge in [-0.2, -0.15) is 13.2 Å². The van der Waals surface area contributed by atoms with Gasteiger partial charge >= 0.3 is 12.5 Å². The van der Waals surface area contributed by atoms with Crippen molar-refractivity contribution in [1.29, 1.82) is 0 Å². The summed E-state index contributed by atoms with van der Waals surface area (Å²) in [7, 11) is 0. The summed E-state index contributed by atoms with van der Waals surface area (Å²) in [6.45, 7) is -0.248. The van der Waals surface area contributed by atoms with Crippen molar-refractivity contribution in [3.63, 3.8) is 0 Å². The van der Waals surface area contributed by atoms with Crippen LogP contribution in [0.5, 0.6) is 5.75 Å². The SMILES string of the molecule is Cl.NCc1cc(-c2ccc(C(F)(F)F)cc2)ncc1OC(F)(F)F. The molecule has 0 saturated carbocycles. The first kappa shape index (κ1) is 20.0. The lowest BCUT2D eigenvalue weighted by molar-refractivity contribution is -0.275. The molecule has 0 radical (unpaired) electrons. The third-order valence-electron chi connectivity index (χ3n) is 2.90. The minimum absolute atomic E-state index is 0. The van der Waals surface area contributed by atoms with E-state index in [1.807, 2.05) is 0 Å². The van der Waals surface area contributed by atoms with Crippen LogP contribution in [0.25, 0.3) is 11.3 Å². The molecule has 0 aliphatic rings. The molecular weight excluding hydrogens is 362 g/mol. The second-order valence-corrected chi connectivity index (χ2v) is 4.50. The number of hydrogen-bond donors (Lipinski definition) is 1. The second-order valence-electron chi connectivity index (χ2n) is 4.50. The van der Waals surface area contributed by atoms with Crippen molar-refractivity contribution < 1.29 is 31.1 Å². The number of aromatic nitrogens is 1. The number of benzene rings is 1. The molecule has 0 atom stereocenters. The van der Waals surface area contributed by atoms with E-state index in [0.29, 0.717) is 5.56 Å². The molecule has 3 nitrogen and oxygen atoms in total. The van der Waals surface area contributed by atoms with Gasteiger partial charge in [0.1, 0.15) is 0 Å². The number of nitrogens with zero attached hydrogens (tertiary/aromatic N) is 1. The Kier molecular flexibility index (Phi) is 6.07. The summed E-state index contributed by atoms with van der Waals surface area (Å²) >= 11 is 0. The summed E-state index contributed by atoms with van der Waals surface area (Å²) in [5, 5.41) is 0. The molecule has 0 unspecified atom stereocenters. The fraction of sp³-hybridized carbons (Fsp3) is 0.214. The lowest BCUT2D eigenvalue weighted by Crippen LogP contribution is -2.19. The normalized spacial score (nSPS) is 11.8. The maximum Gasteiger partial charge on any atom is 0.573 e. The first-order valence-electron chi connectivity index (χ1n) is 6.22. The first-order chi connectivity index (χ1) is 10.6. The van der Waals surface area contributed by atoms with Gasteiger partial charge in [0, 0.05) is 17.7 Å². The number of pyridine rings is 1. The molecule has 24 heavy (non-hydrogen) atoms. The molecule has 2 rings (SSSR count). The van der Waals surface area contributed by atoms with Gasteiger partial charge in [0.15, 0.2) is 5.75 Å². The fourth-order valence-electron chi connectivity index (χ4n) is 1.85. The van der Waals surface area contributed by atoms with E-state index in [1.54, 1.807) is 0 Å². The third kappa shape index (κ3) is 5.00. The molecule has 0 spiro atoms. The lowest BCUT2D eigenvalue weighted by Gasteiger charge is -2.13. The van der Waals surface area contributed by atoms with Gasteiger partial charge in [-0.25, -0.2) is 0 Å². The van der Waals surface area contributed by atoms with Gasteiger partial charge in [-0.15, -0.1) is 25.6 Å². The zero-order valence-electron chi connectivity index (χ0n) is 11.8. The molecule has 132 valence electrons. The molecule has 1 aromatic heterocycles. The van der Waals surface area contributed by atoms with Gasteiger partial charge in [-0.05, 0) is 18.2 Å². The Hall–Kier alpha value is -2.00. The van der Waals surface area contributed by atoms with Crippen molar-refractivity contribution in [3.8, 4) is 17.0 Å². The van der Waals surface area contributed by atoms with Gasteiger partial charge in [0.05, 0.1) is 17.5 Å². The van der Waals surface area contributed by atoms with Crippen LogP contribution >= 0.6 is 12.4 Å². The summed E-state index contributed by atoms with van der Waals surface area (Å²) in [6.07, 6.45) is -8.52. The molecule has 0 bridgehead atoms. The first-order valence-corrected chi connectivity index (χ1v) is 6.22. The van der Waals surface area contributed by atoms with Gasteiger partial charge in [-0.3, -0.25) is 4.98 Å². The summed E-state index contributed by atoms with van der Waals surface area (Å²) in [4.78, 5) is 3.77. The molecule has 1 aromatic carbocycles. The largest absolute Gasteiger partial charge is 0.573 e. The summed E-state index contributed by atoms with van der Waals surface area (Å²) in [5.41, 5.74) is 5.07. The van der Waals surface area contributed by atoms with Crippen LogP contribution in [-0.4, -0.2) is 11.3 Å². The zero-order valence-corrected chi connectivity index (χ0v) is 12.6. The molecule has 1 heterocycles. The number of nitrogens with two attached hydrogens (primary N) is 1. The summed E-state index contributed by atoms with van der Waals surface area (Å²) < 4.78 is 78.0. The minimum Gasteiger partial charge on any atom is -0.404 e. The Morgan fingerprint density at radius 1 is 1.00 bits per heavy atom. The average molecular weight is 373 g/mol. The Morgan fingerprint density at radius 3 is 2.04 bits per heavy atom. The van der Waals surface area contributed by atoms with E-state index < -0.39 is 23.9 Å². The Morgan fingerprint density at radius 2 is 1.58 bits per heavy atom. The minimum atomic E-state index is -4.89. The van der Waals surface area contributed by atoms with Crippen molar-refractivity contribution in [3.05, 3.63) is 47.7 Å². The highest BCUT2D eigenvalue weighted by atomic mass is 35.5. The van der Waals surface area contributed by atoms with Gasteiger partial charge in [0.25, 0.3) is 0 Å². The van der Waals surface area contributed by atoms with E-state index in [2.05, 4.69) is 9.72 Å². The molecule has 0 saturated heterocycles. The van der Waals surface area contributed by atoms with Crippen LogP contribution in [0.15, 0.2) is 36.5 Å². The molecule has 2 aromatic rings. The molecule has 0 fully saturated rings. The predicted octanol–water partition coefficient (Wildman–Crippen LogP) is 4.55. The van der Waals surface area contributed by atoms with Crippen LogP contribution < -0.4 is 10.5 Å². The molecular formula is C14H11ClF6N2O. The Balaban J connectivity index is 0.00000288. The van der Waals surface area contributed by atoms with Crippen molar-refractivity contribution in [1.82, 2.24) is 4.98 Å². The van der Waals surface area contributed by atoms with E-state index in [-0.39, 0.29) is 30.2 Å². The summed E-state index contributed by atoms with van der Waals surface area (Å²) in [6, 6.07) is 5.31. The predicted molar refractivity (Wildman–Crippen MR) is 76.5 cm³/mol. The van der Waals surface area contributed by atoms with E-state index in [4.69, 9.17) is 5.73 Å². The molecule has 0 amide bonds. The number of ether oxygens (including phenoxy) is 1. The maximum absolute atomic E-state index is 12.5. The number of halogens is 7. The Bertz CT molecular complexity index is 685. The molecule has 0 aliphatic carbocycles. The van der Waals surface area contributed by atoms with Gasteiger partial charge < -0.3 is 10.5 Å². The van der Waals surface area contributed by atoms with Gasteiger partial charge in [0.2, 0.25) is 0 Å². The lowest BCUT2D eigenvalue weighted by atomic mass is 10.1. The summed E-state index contributed by atoms with van der Waals surface area (Å²) in [5.74, 6) is -0.546. The standard InChI is InChI=1S/C14H10F6N2O.ClH/c15-13(16,17)10-3-1-8(2-4-10)11-5-9(6-21)12(7-22-11)23-14(18,19)20;/h1-5,7H,6,21H2;1H. The van der Waals surface area contributed by atoms with Crippen molar-refractivity contribution in [2.24, 2.45) is 5.73 Å². The maximum atomic E-state index is 12.5. The van der Waals surface area contributed by atoms with Crippen LogP contribution in [0, 0.1) is 0 Å². The van der Waals surface area contributed by atoms with Crippen LogP contribution in [0.3, 0.4) is 0 Å². The van der Waals surface area contributed by atoms with Crippen LogP contribution in [-0.2, 0) is 12.7 Å². The second kappa shape index (κ2) is 7.27. The van der Waals surface area contributed by atoms with E-state index in [1.165, 1.54) is 18.2 Å². The smallest absolute Gasteiger partial charge is 0.404 e. The topological polar surface area (TPSA) is 48.1 Å². The van der Waals surface area contributed by atoms with Crippen molar-refractivity contribution in [2.75, 3.05) is 0 Å². The molecule has 2 N–H and O–H groups in total. The number of alkyl halides is 6. The number of hydrogen-bond acceptors (Lipinski definition) is 3. The monoisotopic (exact) mass is 372 g/mol. The highest BCUT2D eigenvalue weighted by Gasteiger charge is 2.32. The molecule has 0 aliphatic heterocycles. The average Bonchev–Trinajstić information content (AvgIpc) is 2.45. The third-order valence-corrected chi connectivity index (χ3v) is 2.90. The number of rotatable bonds is 3. The van der Waals surface area contributed by atoms with Crippen molar-refractivity contribution in [2.45, 2.75) is 19.1 Å². The highest BCUT2D eigenvalue weighted by molar-refractivity contribution is 5.85. The van der Waals surface area contributed by atoms with Crippen LogP contribution in [0.4, 0.5) is 26.3 Å². The Labute approximate surface area is 138 Å². The van der Waals surface area contributed by atoms with E-state index in [0.717, 1.165) is 18.3 Å². The molecule has 10 heteroatoms. The highest BCUT2D eigenvalue weighted by Crippen LogP contribution is 2.32. The zero-order chi connectivity index (χ0) is 17.3. The fourth-order valence-corrected chi connectivity index (χ4v) is 1.85. The van der Waals surface area contributed by atoms with Crippen molar-refractivity contribution >= 4 is 12.4 Å². The van der Waals surface area contributed by atoms with E-state index >= 15 is 0 Å².